The van der Waals surface area contributed by atoms with Crippen LogP contribution in [0.5, 0.6) is 5.75 Å². The van der Waals surface area contributed by atoms with E-state index >= 15 is 0 Å². The first-order chi connectivity index (χ1) is 8.25. The number of nitrogens with two attached hydrogens (primary N) is 1. The topological polar surface area (TPSA) is 35.2 Å². The summed E-state index contributed by atoms with van der Waals surface area (Å²) in [5, 5.41) is 0.844. The summed E-state index contributed by atoms with van der Waals surface area (Å²) in [7, 11) is 1.72. The van der Waals surface area contributed by atoms with Crippen LogP contribution in [0.3, 0.4) is 0 Å². The number of hydrogen-bond donors (Lipinski definition) is 1. The third-order valence-corrected chi connectivity index (χ3v) is 4.27. The van der Waals surface area contributed by atoms with Crippen LogP contribution in [-0.4, -0.2) is 13.7 Å². The fourth-order valence-electron chi connectivity index (χ4n) is 2.19. The predicted molar refractivity (Wildman–Crippen MR) is 78.8 cm³/mol. The lowest BCUT2D eigenvalue weighted by molar-refractivity contribution is 0.357. The summed E-state index contributed by atoms with van der Waals surface area (Å²) in [6, 6.07) is 0. The van der Waals surface area contributed by atoms with Gasteiger partial charge in [0.25, 0.3) is 0 Å². The average molecular weight is 270 g/mol. The van der Waals surface area contributed by atoms with E-state index < -0.39 is 0 Å². The van der Waals surface area contributed by atoms with Crippen molar-refractivity contribution in [3.63, 3.8) is 0 Å². The summed E-state index contributed by atoms with van der Waals surface area (Å²) >= 11 is 6.40. The Balaban J connectivity index is 3.43. The largest absolute Gasteiger partial charge is 0.496 e. The second-order valence-corrected chi connectivity index (χ2v) is 6.12. The predicted octanol–water partition coefficient (Wildman–Crippen LogP) is 3.80. The van der Waals surface area contributed by atoms with Gasteiger partial charge in [0.05, 0.1) is 7.11 Å². The van der Waals surface area contributed by atoms with Crippen LogP contribution in [0.25, 0.3) is 0 Å². The Bertz CT molecular complexity index is 453. The number of ether oxygens (including phenoxy) is 1. The normalized spacial score (nSPS) is 11.8. The average Bonchev–Trinajstić information content (AvgIpc) is 2.33. The molecule has 0 heterocycles. The Morgan fingerprint density at radius 1 is 1.11 bits per heavy atom. The smallest absolute Gasteiger partial charge is 0.125 e. The van der Waals surface area contributed by atoms with Crippen molar-refractivity contribution in [3.8, 4) is 5.75 Å². The molecule has 1 aromatic carbocycles. The summed E-state index contributed by atoms with van der Waals surface area (Å²) in [6.07, 6.45) is 0.874. The molecule has 2 N–H and O–H groups in total. The van der Waals surface area contributed by atoms with E-state index in [0.29, 0.717) is 6.54 Å². The minimum absolute atomic E-state index is 0.0447. The van der Waals surface area contributed by atoms with Crippen LogP contribution in [-0.2, 0) is 6.42 Å². The molecule has 0 atom stereocenters. The first kappa shape index (κ1) is 15.3. The zero-order chi connectivity index (χ0) is 14.1. The highest BCUT2D eigenvalue weighted by Crippen LogP contribution is 2.38. The molecule has 3 heteroatoms. The molecule has 1 aromatic rings. The highest BCUT2D eigenvalue weighted by Gasteiger charge is 2.23. The summed E-state index contributed by atoms with van der Waals surface area (Å²) < 4.78 is 5.58. The molecule has 0 aliphatic carbocycles. The van der Waals surface area contributed by atoms with E-state index in [1.54, 1.807) is 7.11 Å². The van der Waals surface area contributed by atoms with Gasteiger partial charge in [0.15, 0.2) is 0 Å². The highest BCUT2D eigenvalue weighted by atomic mass is 35.5. The SMILES string of the molecule is COc1c(C)c(C)c(Cl)c(C)c1CC(C)(C)CN. The maximum Gasteiger partial charge on any atom is 0.125 e. The molecule has 0 aromatic heterocycles. The van der Waals surface area contributed by atoms with E-state index in [-0.39, 0.29) is 5.41 Å². The maximum absolute atomic E-state index is 6.40. The third kappa shape index (κ3) is 2.81. The Kier molecular flexibility index (Phi) is 4.68. The molecule has 0 aliphatic rings. The summed E-state index contributed by atoms with van der Waals surface area (Å²) in [6.45, 7) is 11.1. The molecule has 0 aliphatic heterocycles. The van der Waals surface area contributed by atoms with Gasteiger partial charge in [0.1, 0.15) is 5.75 Å². The van der Waals surface area contributed by atoms with Gasteiger partial charge in [-0.3, -0.25) is 0 Å². The fourth-order valence-corrected chi connectivity index (χ4v) is 2.44. The van der Waals surface area contributed by atoms with Gasteiger partial charge in [0, 0.05) is 5.02 Å². The molecule has 18 heavy (non-hydrogen) atoms. The number of rotatable bonds is 4. The Labute approximate surface area is 115 Å². The molecule has 0 radical (unpaired) electrons. The third-order valence-electron chi connectivity index (χ3n) is 3.70. The molecule has 0 bridgehead atoms. The van der Waals surface area contributed by atoms with Crippen LogP contribution >= 0.6 is 11.6 Å². The van der Waals surface area contributed by atoms with Crippen molar-refractivity contribution in [2.45, 2.75) is 41.0 Å². The van der Waals surface area contributed by atoms with Crippen molar-refractivity contribution >= 4 is 11.6 Å². The Hall–Kier alpha value is -0.730. The first-order valence-corrected chi connectivity index (χ1v) is 6.65. The van der Waals surface area contributed by atoms with Crippen LogP contribution in [0, 0.1) is 26.2 Å². The quantitative estimate of drug-likeness (QED) is 0.902. The van der Waals surface area contributed by atoms with Crippen LogP contribution in [0.4, 0.5) is 0 Å². The molecule has 0 saturated carbocycles. The van der Waals surface area contributed by atoms with E-state index in [0.717, 1.165) is 33.9 Å². The lowest BCUT2D eigenvalue weighted by Gasteiger charge is -2.26. The summed E-state index contributed by atoms with van der Waals surface area (Å²) in [4.78, 5) is 0. The molecule has 1 rings (SSSR count). The zero-order valence-corrected chi connectivity index (χ0v) is 13.0. The minimum Gasteiger partial charge on any atom is -0.496 e. The number of hydrogen-bond acceptors (Lipinski definition) is 2. The van der Waals surface area contributed by atoms with E-state index in [2.05, 4.69) is 27.7 Å². The number of methoxy groups -OCH3 is 1. The Morgan fingerprint density at radius 2 is 1.67 bits per heavy atom. The van der Waals surface area contributed by atoms with E-state index in [9.17, 15) is 0 Å². The molecular formula is C15H24ClNO. The fraction of sp³-hybridized carbons (Fsp3) is 0.600. The molecule has 0 spiro atoms. The Morgan fingerprint density at radius 3 is 2.11 bits per heavy atom. The van der Waals surface area contributed by atoms with Crippen molar-refractivity contribution in [2.75, 3.05) is 13.7 Å². The second-order valence-electron chi connectivity index (χ2n) is 5.75. The zero-order valence-electron chi connectivity index (χ0n) is 12.3. The second kappa shape index (κ2) is 5.50. The van der Waals surface area contributed by atoms with Crippen molar-refractivity contribution in [3.05, 3.63) is 27.3 Å². The lowest BCUT2D eigenvalue weighted by atomic mass is 9.83. The monoisotopic (exact) mass is 269 g/mol. The maximum atomic E-state index is 6.40. The molecule has 0 unspecified atom stereocenters. The first-order valence-electron chi connectivity index (χ1n) is 6.27. The molecule has 102 valence electrons. The highest BCUT2D eigenvalue weighted by molar-refractivity contribution is 6.32. The molecule has 0 saturated heterocycles. The van der Waals surface area contributed by atoms with Gasteiger partial charge in [-0.25, -0.2) is 0 Å². The van der Waals surface area contributed by atoms with Gasteiger partial charge in [-0.1, -0.05) is 25.4 Å². The summed E-state index contributed by atoms with van der Waals surface area (Å²) in [5.74, 6) is 0.955. The van der Waals surface area contributed by atoms with Gasteiger partial charge >= 0.3 is 0 Å². The van der Waals surface area contributed by atoms with Gasteiger partial charge in [-0.2, -0.15) is 0 Å². The van der Waals surface area contributed by atoms with Gasteiger partial charge < -0.3 is 10.5 Å². The van der Waals surface area contributed by atoms with Crippen molar-refractivity contribution in [1.29, 1.82) is 0 Å². The van der Waals surface area contributed by atoms with Crippen molar-refractivity contribution < 1.29 is 4.74 Å². The van der Waals surface area contributed by atoms with Crippen LogP contribution < -0.4 is 10.5 Å². The van der Waals surface area contributed by atoms with Gasteiger partial charge in [-0.05, 0) is 61.4 Å². The molecular weight excluding hydrogens is 246 g/mol. The standard InChI is InChI=1S/C15H24ClNO/c1-9-10(2)14(18-6)12(11(3)13(9)16)7-15(4,5)8-17/h7-8,17H2,1-6H3. The van der Waals surface area contributed by atoms with Crippen molar-refractivity contribution in [2.24, 2.45) is 11.1 Å². The van der Waals surface area contributed by atoms with Crippen LogP contribution in [0.1, 0.15) is 36.1 Å². The van der Waals surface area contributed by atoms with Gasteiger partial charge in [-0.15, -0.1) is 0 Å². The summed E-state index contributed by atoms with van der Waals surface area (Å²) in [5.41, 5.74) is 10.4. The number of halogens is 1. The van der Waals surface area contributed by atoms with E-state index in [4.69, 9.17) is 22.1 Å². The van der Waals surface area contributed by atoms with E-state index in [1.807, 2.05) is 6.92 Å². The number of benzene rings is 1. The lowest BCUT2D eigenvalue weighted by Crippen LogP contribution is -2.26. The minimum atomic E-state index is 0.0447. The van der Waals surface area contributed by atoms with E-state index in [1.165, 1.54) is 5.56 Å². The van der Waals surface area contributed by atoms with Crippen molar-refractivity contribution in [1.82, 2.24) is 0 Å². The van der Waals surface area contributed by atoms with Crippen LogP contribution in [0.15, 0.2) is 0 Å². The molecule has 0 fully saturated rings. The van der Waals surface area contributed by atoms with Crippen LogP contribution in [0.2, 0.25) is 5.02 Å². The molecule has 2 nitrogen and oxygen atoms in total. The molecule has 0 amide bonds. The van der Waals surface area contributed by atoms with Gasteiger partial charge in [0.2, 0.25) is 0 Å².